The van der Waals surface area contributed by atoms with Gasteiger partial charge in [-0.25, -0.2) is 5.90 Å². The third-order valence-corrected chi connectivity index (χ3v) is 1.97. The Kier molecular flexibility index (Phi) is 3.15. The van der Waals surface area contributed by atoms with Crippen molar-refractivity contribution in [2.24, 2.45) is 12.9 Å². The summed E-state index contributed by atoms with van der Waals surface area (Å²) in [5.41, 5.74) is 0.512. The highest BCUT2D eigenvalue weighted by molar-refractivity contribution is 5.35. The Balaban J connectivity index is 3.04. The van der Waals surface area contributed by atoms with E-state index in [9.17, 15) is 10.1 Å². The van der Waals surface area contributed by atoms with Gasteiger partial charge in [0.25, 0.3) is 0 Å². The first-order chi connectivity index (χ1) is 6.57. The van der Waals surface area contributed by atoms with Crippen molar-refractivity contribution in [1.82, 2.24) is 9.78 Å². The van der Waals surface area contributed by atoms with Gasteiger partial charge in [-0.05, 0) is 0 Å². The number of aryl methyl sites for hydroxylation is 1. The Morgan fingerprint density at radius 1 is 1.86 bits per heavy atom. The van der Waals surface area contributed by atoms with Crippen LogP contribution in [0.15, 0.2) is 6.20 Å². The van der Waals surface area contributed by atoms with Crippen LogP contribution in [0.4, 0.5) is 5.69 Å². The molecule has 0 aliphatic carbocycles. The summed E-state index contributed by atoms with van der Waals surface area (Å²) in [7, 11) is 1.65. The van der Waals surface area contributed by atoms with Gasteiger partial charge in [-0.1, -0.05) is 6.92 Å². The number of aromatic nitrogens is 2. The molecule has 1 heterocycles. The number of rotatable bonds is 4. The number of hydrogen-bond donors (Lipinski definition) is 1. The number of nitrogens with zero attached hydrogens (tertiary/aromatic N) is 3. The van der Waals surface area contributed by atoms with E-state index in [-0.39, 0.29) is 18.2 Å². The zero-order valence-corrected chi connectivity index (χ0v) is 8.01. The third-order valence-electron chi connectivity index (χ3n) is 1.97. The molecule has 0 amide bonds. The van der Waals surface area contributed by atoms with E-state index in [4.69, 9.17) is 5.90 Å². The molecule has 0 aromatic carbocycles. The van der Waals surface area contributed by atoms with Crippen LogP contribution in [-0.2, 0) is 11.9 Å². The summed E-state index contributed by atoms with van der Waals surface area (Å²) in [5, 5.41) is 14.4. The smallest absolute Gasteiger partial charge is 0.304 e. The molecule has 78 valence electrons. The van der Waals surface area contributed by atoms with Gasteiger partial charge in [-0.2, -0.15) is 5.10 Å². The van der Waals surface area contributed by atoms with Crippen LogP contribution in [-0.4, -0.2) is 21.3 Å². The third kappa shape index (κ3) is 1.88. The summed E-state index contributed by atoms with van der Waals surface area (Å²) in [6.07, 6.45) is 1.22. The standard InChI is InChI=1S/C7H12N4O3/c1-5(4-14-8)7-6(11(12)13)3-9-10(7)2/h3,5H,4,8H2,1-2H3. The van der Waals surface area contributed by atoms with Crippen molar-refractivity contribution in [2.75, 3.05) is 6.61 Å². The van der Waals surface area contributed by atoms with E-state index in [2.05, 4.69) is 9.94 Å². The molecule has 0 saturated heterocycles. The Bertz CT molecular complexity index is 336. The molecule has 14 heavy (non-hydrogen) atoms. The van der Waals surface area contributed by atoms with Gasteiger partial charge in [-0.3, -0.25) is 14.8 Å². The molecule has 0 aliphatic rings. The fourth-order valence-electron chi connectivity index (χ4n) is 1.37. The summed E-state index contributed by atoms with van der Waals surface area (Å²) in [6.45, 7) is 2.01. The number of nitro groups is 1. The second-order valence-electron chi connectivity index (χ2n) is 3.03. The predicted octanol–water partition coefficient (Wildman–Crippen LogP) is 0.322. The normalized spacial score (nSPS) is 12.8. The second kappa shape index (κ2) is 4.16. The maximum absolute atomic E-state index is 10.6. The van der Waals surface area contributed by atoms with Gasteiger partial charge in [-0.15, -0.1) is 0 Å². The van der Waals surface area contributed by atoms with Crippen molar-refractivity contribution in [3.8, 4) is 0 Å². The zero-order chi connectivity index (χ0) is 10.7. The van der Waals surface area contributed by atoms with Crippen LogP contribution in [0.1, 0.15) is 18.5 Å². The predicted molar refractivity (Wildman–Crippen MR) is 48.4 cm³/mol. The molecule has 0 radical (unpaired) electrons. The molecule has 0 aliphatic heterocycles. The lowest BCUT2D eigenvalue weighted by Crippen LogP contribution is -2.13. The van der Waals surface area contributed by atoms with E-state index < -0.39 is 4.92 Å². The first-order valence-corrected chi connectivity index (χ1v) is 4.06. The molecule has 1 rings (SSSR count). The maximum Gasteiger partial charge on any atom is 0.310 e. The van der Waals surface area contributed by atoms with Gasteiger partial charge in [0, 0.05) is 13.0 Å². The van der Waals surface area contributed by atoms with Crippen molar-refractivity contribution in [2.45, 2.75) is 12.8 Å². The quantitative estimate of drug-likeness (QED) is 0.557. The fraction of sp³-hybridized carbons (Fsp3) is 0.571. The van der Waals surface area contributed by atoms with E-state index in [1.165, 1.54) is 10.9 Å². The minimum absolute atomic E-state index is 0.00273. The first kappa shape index (κ1) is 10.6. The van der Waals surface area contributed by atoms with E-state index in [0.717, 1.165) is 0 Å². The zero-order valence-electron chi connectivity index (χ0n) is 8.01. The van der Waals surface area contributed by atoms with Crippen LogP contribution in [0.2, 0.25) is 0 Å². The van der Waals surface area contributed by atoms with Crippen LogP contribution < -0.4 is 5.90 Å². The van der Waals surface area contributed by atoms with Crippen molar-refractivity contribution < 1.29 is 9.76 Å². The van der Waals surface area contributed by atoms with Crippen molar-refractivity contribution in [1.29, 1.82) is 0 Å². The van der Waals surface area contributed by atoms with Crippen molar-refractivity contribution in [3.63, 3.8) is 0 Å². The van der Waals surface area contributed by atoms with Crippen LogP contribution in [0.3, 0.4) is 0 Å². The highest BCUT2D eigenvalue weighted by Crippen LogP contribution is 2.25. The second-order valence-corrected chi connectivity index (χ2v) is 3.03. The largest absolute Gasteiger partial charge is 0.310 e. The van der Waals surface area contributed by atoms with Crippen LogP contribution in [0.25, 0.3) is 0 Å². The molecule has 0 fully saturated rings. The molecule has 7 nitrogen and oxygen atoms in total. The summed E-state index contributed by atoms with van der Waals surface area (Å²) in [6, 6.07) is 0. The van der Waals surface area contributed by atoms with E-state index in [0.29, 0.717) is 5.69 Å². The Hall–Kier alpha value is -1.47. The Morgan fingerprint density at radius 3 is 3.00 bits per heavy atom. The minimum Gasteiger partial charge on any atom is -0.304 e. The molecule has 0 bridgehead atoms. The van der Waals surface area contributed by atoms with Gasteiger partial charge in [0.1, 0.15) is 11.9 Å². The van der Waals surface area contributed by atoms with Gasteiger partial charge in [0.05, 0.1) is 11.5 Å². The number of nitrogens with two attached hydrogens (primary N) is 1. The topological polar surface area (TPSA) is 96.2 Å². The lowest BCUT2D eigenvalue weighted by molar-refractivity contribution is -0.385. The molecular weight excluding hydrogens is 188 g/mol. The molecule has 7 heteroatoms. The molecule has 1 aromatic heterocycles. The molecule has 1 atom stereocenters. The molecule has 0 saturated carbocycles. The summed E-state index contributed by atoms with van der Waals surface area (Å²) in [4.78, 5) is 14.6. The highest BCUT2D eigenvalue weighted by Gasteiger charge is 2.23. The van der Waals surface area contributed by atoms with Gasteiger partial charge in [0.15, 0.2) is 0 Å². The Morgan fingerprint density at radius 2 is 2.50 bits per heavy atom. The average Bonchev–Trinajstić information content (AvgIpc) is 2.47. The Labute approximate surface area is 80.6 Å². The average molecular weight is 200 g/mol. The number of hydrogen-bond acceptors (Lipinski definition) is 5. The molecule has 2 N–H and O–H groups in total. The highest BCUT2D eigenvalue weighted by atomic mass is 16.6. The van der Waals surface area contributed by atoms with Crippen LogP contribution >= 0.6 is 0 Å². The van der Waals surface area contributed by atoms with Crippen molar-refractivity contribution >= 4 is 5.69 Å². The summed E-state index contributed by atoms with van der Waals surface area (Å²) < 4.78 is 1.46. The monoisotopic (exact) mass is 200 g/mol. The van der Waals surface area contributed by atoms with Crippen LogP contribution in [0, 0.1) is 10.1 Å². The van der Waals surface area contributed by atoms with E-state index in [1.54, 1.807) is 14.0 Å². The first-order valence-electron chi connectivity index (χ1n) is 4.06. The van der Waals surface area contributed by atoms with Gasteiger partial charge in [0.2, 0.25) is 0 Å². The summed E-state index contributed by atoms with van der Waals surface area (Å²) in [5.74, 6) is 4.75. The molecule has 1 unspecified atom stereocenters. The maximum atomic E-state index is 10.6. The SMILES string of the molecule is CC(CON)c1c([N+](=O)[O-])cnn1C. The molecule has 0 spiro atoms. The molecule has 1 aromatic rings. The van der Waals surface area contributed by atoms with Crippen molar-refractivity contribution in [3.05, 3.63) is 22.0 Å². The lowest BCUT2D eigenvalue weighted by atomic mass is 10.1. The lowest BCUT2D eigenvalue weighted by Gasteiger charge is -2.08. The minimum atomic E-state index is -0.463. The van der Waals surface area contributed by atoms with Gasteiger partial charge < -0.3 is 4.84 Å². The fourth-order valence-corrected chi connectivity index (χ4v) is 1.37. The van der Waals surface area contributed by atoms with Crippen LogP contribution in [0.5, 0.6) is 0 Å². The van der Waals surface area contributed by atoms with E-state index >= 15 is 0 Å². The van der Waals surface area contributed by atoms with Gasteiger partial charge >= 0.3 is 5.69 Å². The van der Waals surface area contributed by atoms with E-state index in [1.807, 2.05) is 0 Å². The molecular formula is C7H12N4O3. The summed E-state index contributed by atoms with van der Waals surface area (Å²) >= 11 is 0.